The average molecular weight is 342 g/mol. The first kappa shape index (κ1) is 17.3. The number of amides is 1. The summed E-state index contributed by atoms with van der Waals surface area (Å²) in [4.78, 5) is 14.4. The molecule has 0 radical (unpaired) electrons. The van der Waals surface area contributed by atoms with E-state index >= 15 is 0 Å². The van der Waals surface area contributed by atoms with E-state index in [0.29, 0.717) is 18.0 Å². The van der Waals surface area contributed by atoms with Crippen molar-refractivity contribution in [3.05, 3.63) is 59.9 Å². The number of carbonyl (C=O) groups is 1. The van der Waals surface area contributed by atoms with Gasteiger partial charge in [-0.05, 0) is 42.2 Å². The number of halogens is 1. The highest BCUT2D eigenvalue weighted by Gasteiger charge is 2.23. The first-order chi connectivity index (χ1) is 12.1. The zero-order valence-electron chi connectivity index (χ0n) is 14.4. The van der Waals surface area contributed by atoms with Gasteiger partial charge in [-0.15, -0.1) is 0 Å². The minimum atomic E-state index is -0.310. The summed E-state index contributed by atoms with van der Waals surface area (Å²) in [6.07, 6.45) is 1.25. The van der Waals surface area contributed by atoms with Gasteiger partial charge >= 0.3 is 0 Å². The maximum absolute atomic E-state index is 13.2. The normalized spacial score (nSPS) is 16.7. The fourth-order valence-corrected chi connectivity index (χ4v) is 3.19. The van der Waals surface area contributed by atoms with E-state index in [1.54, 1.807) is 19.2 Å². The molecule has 4 nitrogen and oxygen atoms in total. The largest absolute Gasteiger partial charge is 0.497 e. The topological polar surface area (TPSA) is 41.6 Å². The molecule has 3 rings (SSSR count). The minimum Gasteiger partial charge on any atom is -0.497 e. The highest BCUT2D eigenvalue weighted by atomic mass is 19.1. The van der Waals surface area contributed by atoms with Crippen molar-refractivity contribution >= 4 is 11.6 Å². The maximum atomic E-state index is 13.2. The van der Waals surface area contributed by atoms with Gasteiger partial charge in [0.15, 0.2) is 0 Å². The zero-order chi connectivity index (χ0) is 17.6. The molecule has 0 aromatic heterocycles. The summed E-state index contributed by atoms with van der Waals surface area (Å²) in [6, 6.07) is 14.2. The van der Waals surface area contributed by atoms with Gasteiger partial charge in [0.1, 0.15) is 11.6 Å². The summed E-state index contributed by atoms with van der Waals surface area (Å²) in [5, 5.41) is 2.97. The lowest BCUT2D eigenvalue weighted by atomic mass is 10.1. The molecule has 1 saturated heterocycles. The molecule has 1 amide bonds. The molecule has 2 aromatic carbocycles. The molecular formula is C20H23FN2O2. The van der Waals surface area contributed by atoms with Gasteiger partial charge in [-0.3, -0.25) is 4.79 Å². The number of nitrogens with zero attached hydrogens (tertiary/aromatic N) is 1. The summed E-state index contributed by atoms with van der Waals surface area (Å²) < 4.78 is 18.4. The Labute approximate surface area is 147 Å². The Morgan fingerprint density at radius 2 is 2.12 bits per heavy atom. The fraction of sp³-hybridized carbons (Fsp3) is 0.350. The van der Waals surface area contributed by atoms with Crippen molar-refractivity contribution < 1.29 is 13.9 Å². The molecular weight excluding hydrogens is 319 g/mol. The van der Waals surface area contributed by atoms with Crippen LogP contribution >= 0.6 is 0 Å². The van der Waals surface area contributed by atoms with Gasteiger partial charge in [0.05, 0.1) is 13.5 Å². The lowest BCUT2D eigenvalue weighted by Gasteiger charge is -2.19. The first-order valence-corrected chi connectivity index (χ1v) is 8.54. The van der Waals surface area contributed by atoms with Crippen molar-refractivity contribution in [2.45, 2.75) is 12.8 Å². The van der Waals surface area contributed by atoms with Crippen LogP contribution < -0.4 is 15.0 Å². The third-order valence-electron chi connectivity index (χ3n) is 4.55. The standard InChI is InChI=1S/C20H23FN2O2/c1-25-19-7-3-6-18(12-19)23-9-8-16(14-23)13-22-20(24)11-15-4-2-5-17(21)10-15/h2-7,10,12,16H,8-9,11,13-14H2,1H3,(H,22,24). The van der Waals surface area contributed by atoms with E-state index in [4.69, 9.17) is 4.74 Å². The number of anilines is 1. The number of carbonyl (C=O) groups excluding carboxylic acids is 1. The number of ether oxygens (including phenoxy) is 1. The van der Waals surface area contributed by atoms with Crippen molar-refractivity contribution in [3.63, 3.8) is 0 Å². The van der Waals surface area contributed by atoms with Gasteiger partial charge in [-0.1, -0.05) is 18.2 Å². The number of methoxy groups -OCH3 is 1. The van der Waals surface area contributed by atoms with E-state index in [2.05, 4.69) is 16.3 Å². The number of nitrogens with one attached hydrogen (secondary N) is 1. The average Bonchev–Trinajstić information content (AvgIpc) is 3.09. The van der Waals surface area contributed by atoms with Crippen LogP contribution in [-0.4, -0.2) is 32.7 Å². The second-order valence-electron chi connectivity index (χ2n) is 6.41. The van der Waals surface area contributed by atoms with Gasteiger partial charge in [-0.2, -0.15) is 0 Å². The van der Waals surface area contributed by atoms with E-state index in [9.17, 15) is 9.18 Å². The maximum Gasteiger partial charge on any atom is 0.224 e. The van der Waals surface area contributed by atoms with Gasteiger partial charge in [0.25, 0.3) is 0 Å². The molecule has 1 aliphatic rings. The van der Waals surface area contributed by atoms with E-state index in [1.165, 1.54) is 12.1 Å². The Hall–Kier alpha value is -2.56. The van der Waals surface area contributed by atoms with Crippen LogP contribution in [0.4, 0.5) is 10.1 Å². The monoisotopic (exact) mass is 342 g/mol. The van der Waals surface area contributed by atoms with Crippen LogP contribution in [0.25, 0.3) is 0 Å². The van der Waals surface area contributed by atoms with Crippen molar-refractivity contribution in [2.75, 3.05) is 31.6 Å². The second kappa shape index (κ2) is 8.01. The van der Waals surface area contributed by atoms with Crippen LogP contribution in [0.3, 0.4) is 0 Å². The predicted octanol–water partition coefficient (Wildman–Crippen LogP) is 3.02. The molecule has 25 heavy (non-hydrogen) atoms. The number of hydrogen-bond donors (Lipinski definition) is 1. The summed E-state index contributed by atoms with van der Waals surface area (Å²) in [5.74, 6) is 0.896. The predicted molar refractivity (Wildman–Crippen MR) is 96.4 cm³/mol. The first-order valence-electron chi connectivity index (χ1n) is 8.54. The molecule has 0 saturated carbocycles. The molecule has 0 aliphatic carbocycles. The van der Waals surface area contributed by atoms with Crippen LogP contribution in [0.15, 0.2) is 48.5 Å². The van der Waals surface area contributed by atoms with Crippen LogP contribution in [0.2, 0.25) is 0 Å². The molecule has 1 N–H and O–H groups in total. The van der Waals surface area contributed by atoms with Gasteiger partial charge in [0, 0.05) is 31.4 Å². The van der Waals surface area contributed by atoms with Gasteiger partial charge in [-0.25, -0.2) is 4.39 Å². The molecule has 1 unspecified atom stereocenters. The molecule has 5 heteroatoms. The van der Waals surface area contributed by atoms with Crippen LogP contribution in [0, 0.1) is 11.7 Å². The fourth-order valence-electron chi connectivity index (χ4n) is 3.19. The van der Waals surface area contributed by atoms with E-state index in [-0.39, 0.29) is 18.1 Å². The summed E-state index contributed by atoms with van der Waals surface area (Å²) in [6.45, 7) is 2.53. The van der Waals surface area contributed by atoms with Gasteiger partial charge < -0.3 is 15.0 Å². The zero-order valence-corrected chi connectivity index (χ0v) is 14.4. The van der Waals surface area contributed by atoms with E-state index < -0.39 is 0 Å². The quantitative estimate of drug-likeness (QED) is 0.877. The Balaban J connectivity index is 1.47. The van der Waals surface area contributed by atoms with Gasteiger partial charge in [0.2, 0.25) is 5.91 Å². The van der Waals surface area contributed by atoms with Crippen LogP contribution in [0.5, 0.6) is 5.75 Å². The number of rotatable bonds is 6. The molecule has 1 aliphatic heterocycles. The summed E-state index contributed by atoms with van der Waals surface area (Å²) in [7, 11) is 1.67. The number of benzene rings is 2. The van der Waals surface area contributed by atoms with E-state index in [1.807, 2.05) is 18.2 Å². The van der Waals surface area contributed by atoms with Crippen molar-refractivity contribution in [1.82, 2.24) is 5.32 Å². The molecule has 0 spiro atoms. The Morgan fingerprint density at radius 1 is 1.28 bits per heavy atom. The molecule has 1 fully saturated rings. The highest BCUT2D eigenvalue weighted by Crippen LogP contribution is 2.26. The lowest BCUT2D eigenvalue weighted by molar-refractivity contribution is -0.120. The third-order valence-corrected chi connectivity index (χ3v) is 4.55. The Bertz CT molecular complexity index is 735. The SMILES string of the molecule is COc1cccc(N2CCC(CNC(=O)Cc3cccc(F)c3)C2)c1. The minimum absolute atomic E-state index is 0.0644. The highest BCUT2D eigenvalue weighted by molar-refractivity contribution is 5.78. The van der Waals surface area contributed by atoms with Crippen molar-refractivity contribution in [1.29, 1.82) is 0 Å². The Kier molecular flexibility index (Phi) is 5.53. The molecule has 2 aromatic rings. The number of hydrogen-bond acceptors (Lipinski definition) is 3. The van der Waals surface area contributed by atoms with Crippen LogP contribution in [0.1, 0.15) is 12.0 Å². The molecule has 132 valence electrons. The molecule has 0 bridgehead atoms. The second-order valence-corrected chi connectivity index (χ2v) is 6.41. The third kappa shape index (κ3) is 4.72. The molecule has 1 heterocycles. The Morgan fingerprint density at radius 3 is 2.92 bits per heavy atom. The van der Waals surface area contributed by atoms with Crippen LogP contribution in [-0.2, 0) is 11.2 Å². The molecule has 1 atom stereocenters. The van der Waals surface area contributed by atoms with E-state index in [0.717, 1.165) is 30.9 Å². The smallest absolute Gasteiger partial charge is 0.224 e. The van der Waals surface area contributed by atoms with Crippen molar-refractivity contribution in [3.8, 4) is 5.75 Å². The lowest BCUT2D eigenvalue weighted by Crippen LogP contribution is -2.32. The van der Waals surface area contributed by atoms with Crippen molar-refractivity contribution in [2.24, 2.45) is 5.92 Å². The summed E-state index contributed by atoms with van der Waals surface area (Å²) >= 11 is 0. The summed E-state index contributed by atoms with van der Waals surface area (Å²) in [5.41, 5.74) is 1.84.